The predicted octanol–water partition coefficient (Wildman–Crippen LogP) is 1.39. The van der Waals surface area contributed by atoms with Crippen molar-refractivity contribution in [3.63, 3.8) is 0 Å². The summed E-state index contributed by atoms with van der Waals surface area (Å²) >= 11 is 0. The number of hydrogen-bond donors (Lipinski definition) is 1. The summed E-state index contributed by atoms with van der Waals surface area (Å²) < 4.78 is 1.76. The van der Waals surface area contributed by atoms with E-state index in [1.165, 1.54) is 6.08 Å². The lowest BCUT2D eigenvalue weighted by molar-refractivity contribution is -0.131. The Bertz CT molecular complexity index is 339. The van der Waals surface area contributed by atoms with Crippen LogP contribution in [0.4, 0.5) is 0 Å². The zero-order valence-corrected chi connectivity index (χ0v) is 7.69. The molecule has 0 fully saturated rings. The standard InChI is InChI=1S/C9H12N2O2/c1-3-11-6-8(5-10-11)7(2)4-9(12)13/h4-6H,3H2,1-2H3,(H,12,13). The molecule has 13 heavy (non-hydrogen) atoms. The molecular formula is C9H12N2O2. The van der Waals surface area contributed by atoms with Gasteiger partial charge in [-0.05, 0) is 19.4 Å². The van der Waals surface area contributed by atoms with Crippen LogP contribution in [0.1, 0.15) is 19.4 Å². The Kier molecular flexibility index (Phi) is 2.84. The highest BCUT2D eigenvalue weighted by Gasteiger charge is 2.00. The number of carboxylic acids is 1. The minimum Gasteiger partial charge on any atom is -0.478 e. The van der Waals surface area contributed by atoms with Gasteiger partial charge in [0, 0.05) is 24.4 Å². The van der Waals surface area contributed by atoms with E-state index < -0.39 is 5.97 Å². The van der Waals surface area contributed by atoms with E-state index in [4.69, 9.17) is 5.11 Å². The Balaban J connectivity index is 2.88. The summed E-state index contributed by atoms with van der Waals surface area (Å²) in [4.78, 5) is 10.4. The Labute approximate surface area is 76.5 Å². The van der Waals surface area contributed by atoms with Gasteiger partial charge in [-0.15, -0.1) is 0 Å². The van der Waals surface area contributed by atoms with Crippen LogP contribution in [0.3, 0.4) is 0 Å². The monoisotopic (exact) mass is 180 g/mol. The lowest BCUT2D eigenvalue weighted by atomic mass is 10.1. The molecule has 0 radical (unpaired) electrons. The lowest BCUT2D eigenvalue weighted by Crippen LogP contribution is -1.92. The zero-order chi connectivity index (χ0) is 9.84. The fourth-order valence-electron chi connectivity index (χ4n) is 1.01. The van der Waals surface area contributed by atoms with E-state index in [0.717, 1.165) is 12.1 Å². The van der Waals surface area contributed by atoms with Crippen molar-refractivity contribution in [2.75, 3.05) is 0 Å². The second-order valence-electron chi connectivity index (χ2n) is 2.75. The van der Waals surface area contributed by atoms with Crippen LogP contribution >= 0.6 is 0 Å². The van der Waals surface area contributed by atoms with E-state index in [1.807, 2.05) is 13.1 Å². The van der Waals surface area contributed by atoms with Crippen molar-refractivity contribution in [1.82, 2.24) is 9.78 Å². The van der Waals surface area contributed by atoms with Gasteiger partial charge in [-0.1, -0.05) is 0 Å². The van der Waals surface area contributed by atoms with Gasteiger partial charge >= 0.3 is 5.97 Å². The van der Waals surface area contributed by atoms with E-state index in [9.17, 15) is 4.79 Å². The highest BCUT2D eigenvalue weighted by molar-refractivity contribution is 5.89. The number of aliphatic carboxylic acids is 1. The molecule has 1 N–H and O–H groups in total. The number of allylic oxidation sites excluding steroid dienone is 1. The number of carbonyl (C=O) groups is 1. The first-order valence-corrected chi connectivity index (χ1v) is 4.07. The molecule has 1 aromatic rings. The molecule has 0 bridgehead atoms. The zero-order valence-electron chi connectivity index (χ0n) is 7.69. The van der Waals surface area contributed by atoms with Crippen molar-refractivity contribution < 1.29 is 9.90 Å². The summed E-state index contributed by atoms with van der Waals surface area (Å²) in [6, 6.07) is 0. The highest BCUT2D eigenvalue weighted by atomic mass is 16.4. The minimum atomic E-state index is -0.929. The second kappa shape index (κ2) is 3.89. The molecule has 0 aliphatic heterocycles. The van der Waals surface area contributed by atoms with Crippen LogP contribution in [0.2, 0.25) is 0 Å². The molecule has 0 aliphatic carbocycles. The molecule has 1 heterocycles. The van der Waals surface area contributed by atoms with Crippen LogP contribution in [0.5, 0.6) is 0 Å². The number of aryl methyl sites for hydroxylation is 1. The normalized spacial score (nSPS) is 11.7. The lowest BCUT2D eigenvalue weighted by Gasteiger charge is -1.93. The number of nitrogens with zero attached hydrogens (tertiary/aromatic N) is 2. The molecule has 0 aromatic carbocycles. The first-order chi connectivity index (χ1) is 6.13. The van der Waals surface area contributed by atoms with Crippen molar-refractivity contribution in [3.05, 3.63) is 24.0 Å². The molecule has 1 aromatic heterocycles. The molecule has 1 rings (SSSR count). The third-order valence-corrected chi connectivity index (χ3v) is 1.75. The molecule has 4 nitrogen and oxygen atoms in total. The number of rotatable bonds is 3. The number of aromatic nitrogens is 2. The van der Waals surface area contributed by atoms with E-state index in [-0.39, 0.29) is 0 Å². The van der Waals surface area contributed by atoms with Crippen molar-refractivity contribution in [2.45, 2.75) is 20.4 Å². The largest absolute Gasteiger partial charge is 0.478 e. The van der Waals surface area contributed by atoms with Gasteiger partial charge in [0.2, 0.25) is 0 Å². The van der Waals surface area contributed by atoms with Gasteiger partial charge in [0.15, 0.2) is 0 Å². The molecule has 0 aliphatic rings. The molecule has 70 valence electrons. The van der Waals surface area contributed by atoms with E-state index >= 15 is 0 Å². The SMILES string of the molecule is CCn1cc(C(C)=CC(=O)O)cn1. The summed E-state index contributed by atoms with van der Waals surface area (Å²) in [6.07, 6.45) is 4.67. The smallest absolute Gasteiger partial charge is 0.328 e. The van der Waals surface area contributed by atoms with Gasteiger partial charge in [0.25, 0.3) is 0 Å². The van der Waals surface area contributed by atoms with Gasteiger partial charge in [-0.3, -0.25) is 4.68 Å². The van der Waals surface area contributed by atoms with Gasteiger partial charge in [0.1, 0.15) is 0 Å². The summed E-state index contributed by atoms with van der Waals surface area (Å²) in [5, 5.41) is 12.6. The maximum atomic E-state index is 10.4. The van der Waals surface area contributed by atoms with E-state index in [1.54, 1.807) is 17.8 Å². The van der Waals surface area contributed by atoms with E-state index in [2.05, 4.69) is 5.10 Å². The highest BCUT2D eigenvalue weighted by Crippen LogP contribution is 2.11. The molecule has 4 heteroatoms. The average Bonchev–Trinajstić information content (AvgIpc) is 2.50. The third kappa shape index (κ3) is 2.43. The summed E-state index contributed by atoms with van der Waals surface area (Å²) in [6.45, 7) is 4.53. The Morgan fingerprint density at radius 1 is 1.77 bits per heavy atom. The van der Waals surface area contributed by atoms with Crippen LogP contribution in [0.25, 0.3) is 5.57 Å². The van der Waals surface area contributed by atoms with Crippen LogP contribution in [-0.4, -0.2) is 20.9 Å². The fraction of sp³-hybridized carbons (Fsp3) is 0.333. The molecule has 0 saturated carbocycles. The molecule has 0 saturated heterocycles. The maximum absolute atomic E-state index is 10.4. The Morgan fingerprint density at radius 2 is 2.46 bits per heavy atom. The van der Waals surface area contributed by atoms with Crippen LogP contribution in [-0.2, 0) is 11.3 Å². The molecule has 0 amide bonds. The first-order valence-electron chi connectivity index (χ1n) is 4.07. The third-order valence-electron chi connectivity index (χ3n) is 1.75. The maximum Gasteiger partial charge on any atom is 0.328 e. The van der Waals surface area contributed by atoms with Crippen molar-refractivity contribution in [1.29, 1.82) is 0 Å². The molecule has 0 atom stereocenters. The summed E-state index contributed by atoms with van der Waals surface area (Å²) in [7, 11) is 0. The average molecular weight is 180 g/mol. The van der Waals surface area contributed by atoms with Crippen LogP contribution < -0.4 is 0 Å². The van der Waals surface area contributed by atoms with Gasteiger partial charge in [-0.25, -0.2) is 4.79 Å². The molecular weight excluding hydrogens is 168 g/mol. The first kappa shape index (κ1) is 9.51. The number of hydrogen-bond acceptors (Lipinski definition) is 2. The topological polar surface area (TPSA) is 55.1 Å². The van der Waals surface area contributed by atoms with Gasteiger partial charge in [0.05, 0.1) is 6.20 Å². The quantitative estimate of drug-likeness (QED) is 0.715. The minimum absolute atomic E-state index is 0.715. The second-order valence-corrected chi connectivity index (χ2v) is 2.75. The Morgan fingerprint density at radius 3 is 2.92 bits per heavy atom. The van der Waals surface area contributed by atoms with Gasteiger partial charge < -0.3 is 5.11 Å². The predicted molar refractivity (Wildman–Crippen MR) is 49.2 cm³/mol. The van der Waals surface area contributed by atoms with Crippen LogP contribution in [0.15, 0.2) is 18.5 Å². The fourth-order valence-corrected chi connectivity index (χ4v) is 1.01. The molecule has 0 spiro atoms. The van der Waals surface area contributed by atoms with Crippen molar-refractivity contribution in [3.8, 4) is 0 Å². The van der Waals surface area contributed by atoms with E-state index in [0.29, 0.717) is 5.57 Å². The summed E-state index contributed by atoms with van der Waals surface area (Å²) in [5.41, 5.74) is 1.57. The number of carboxylic acid groups (broad SMARTS) is 1. The van der Waals surface area contributed by atoms with Gasteiger partial charge in [-0.2, -0.15) is 5.10 Å². The Hall–Kier alpha value is -1.58. The van der Waals surface area contributed by atoms with Crippen molar-refractivity contribution in [2.24, 2.45) is 0 Å². The molecule has 0 unspecified atom stereocenters. The van der Waals surface area contributed by atoms with Crippen LogP contribution in [0, 0.1) is 0 Å². The van der Waals surface area contributed by atoms with Crippen molar-refractivity contribution >= 4 is 11.5 Å². The summed E-state index contributed by atoms with van der Waals surface area (Å²) in [5.74, 6) is -0.929.